The van der Waals surface area contributed by atoms with Crippen LogP contribution in [0.3, 0.4) is 0 Å². The molecule has 0 radical (unpaired) electrons. The third-order valence-electron chi connectivity index (χ3n) is 3.39. The molecule has 1 aromatic carbocycles. The van der Waals surface area contributed by atoms with Gasteiger partial charge in [0, 0.05) is 19.3 Å². The molecular weight excluding hydrogens is 198 g/mol. The molecule has 2 atom stereocenters. The Morgan fingerprint density at radius 3 is 3.00 bits per heavy atom. The maximum absolute atomic E-state index is 5.43. The molecule has 0 bridgehead atoms. The van der Waals surface area contributed by atoms with Crippen LogP contribution >= 0.6 is 0 Å². The predicted octanol–water partition coefficient (Wildman–Crippen LogP) is 2.68. The fourth-order valence-corrected chi connectivity index (χ4v) is 2.41. The van der Waals surface area contributed by atoms with Crippen molar-refractivity contribution in [2.45, 2.75) is 25.8 Å². The summed E-state index contributed by atoms with van der Waals surface area (Å²) in [6.07, 6.45) is 2.39. The van der Waals surface area contributed by atoms with Crippen molar-refractivity contribution in [2.75, 3.05) is 20.3 Å². The van der Waals surface area contributed by atoms with Crippen molar-refractivity contribution in [3.8, 4) is 0 Å². The minimum absolute atomic E-state index is 0.464. The van der Waals surface area contributed by atoms with Crippen LogP contribution in [0.1, 0.15) is 30.0 Å². The van der Waals surface area contributed by atoms with E-state index in [0.29, 0.717) is 6.04 Å². The summed E-state index contributed by atoms with van der Waals surface area (Å²) in [6.45, 7) is 4.02. The maximum atomic E-state index is 5.43. The number of hydrogen-bond donors (Lipinski definition) is 1. The molecule has 1 aliphatic heterocycles. The standard InChI is InChI=1S/C14H21NO/c1-11-4-3-5-13(8-11)14(15-2)9-12-6-7-16-10-12/h3-5,8,12,14-15H,6-7,9-10H2,1-2H3. The summed E-state index contributed by atoms with van der Waals surface area (Å²) in [5.74, 6) is 0.720. The first-order chi connectivity index (χ1) is 7.79. The number of rotatable bonds is 4. The van der Waals surface area contributed by atoms with E-state index in [-0.39, 0.29) is 0 Å². The Bertz CT molecular complexity index is 331. The van der Waals surface area contributed by atoms with E-state index in [0.717, 1.165) is 19.1 Å². The van der Waals surface area contributed by atoms with Crippen molar-refractivity contribution >= 4 is 0 Å². The van der Waals surface area contributed by atoms with Gasteiger partial charge in [-0.25, -0.2) is 0 Å². The summed E-state index contributed by atoms with van der Waals surface area (Å²) in [5.41, 5.74) is 2.73. The molecule has 1 N–H and O–H groups in total. The lowest BCUT2D eigenvalue weighted by atomic mass is 9.93. The normalized spacial score (nSPS) is 22.2. The number of ether oxygens (including phenoxy) is 1. The molecular formula is C14H21NO. The van der Waals surface area contributed by atoms with Gasteiger partial charge in [0.15, 0.2) is 0 Å². The van der Waals surface area contributed by atoms with Crippen LogP contribution in [0.5, 0.6) is 0 Å². The quantitative estimate of drug-likeness (QED) is 0.840. The maximum Gasteiger partial charge on any atom is 0.0495 e. The summed E-state index contributed by atoms with van der Waals surface area (Å²) in [7, 11) is 2.04. The van der Waals surface area contributed by atoms with E-state index < -0.39 is 0 Å². The second kappa shape index (κ2) is 5.46. The van der Waals surface area contributed by atoms with Crippen LogP contribution in [0, 0.1) is 12.8 Å². The largest absolute Gasteiger partial charge is 0.381 e. The number of aryl methyl sites for hydroxylation is 1. The van der Waals surface area contributed by atoms with Crippen molar-refractivity contribution in [3.63, 3.8) is 0 Å². The van der Waals surface area contributed by atoms with E-state index in [4.69, 9.17) is 4.74 Å². The van der Waals surface area contributed by atoms with E-state index in [2.05, 4.69) is 36.5 Å². The zero-order chi connectivity index (χ0) is 11.4. The molecule has 0 saturated carbocycles. The molecule has 1 fully saturated rings. The second-order valence-corrected chi connectivity index (χ2v) is 4.72. The van der Waals surface area contributed by atoms with Crippen LogP contribution in [0.2, 0.25) is 0 Å². The minimum Gasteiger partial charge on any atom is -0.381 e. The Labute approximate surface area is 98.0 Å². The summed E-state index contributed by atoms with van der Waals surface area (Å²) in [4.78, 5) is 0. The zero-order valence-electron chi connectivity index (χ0n) is 10.2. The molecule has 2 rings (SSSR count). The summed E-state index contributed by atoms with van der Waals surface area (Å²) in [6, 6.07) is 9.24. The minimum atomic E-state index is 0.464. The van der Waals surface area contributed by atoms with Gasteiger partial charge < -0.3 is 10.1 Å². The van der Waals surface area contributed by atoms with Crippen molar-refractivity contribution in [2.24, 2.45) is 5.92 Å². The van der Waals surface area contributed by atoms with E-state index >= 15 is 0 Å². The van der Waals surface area contributed by atoms with Gasteiger partial charge in [-0.2, -0.15) is 0 Å². The fraction of sp³-hybridized carbons (Fsp3) is 0.571. The van der Waals surface area contributed by atoms with Gasteiger partial charge in [0.05, 0.1) is 0 Å². The zero-order valence-corrected chi connectivity index (χ0v) is 10.2. The van der Waals surface area contributed by atoms with Crippen molar-refractivity contribution in [3.05, 3.63) is 35.4 Å². The predicted molar refractivity (Wildman–Crippen MR) is 66.5 cm³/mol. The average molecular weight is 219 g/mol. The highest BCUT2D eigenvalue weighted by atomic mass is 16.5. The molecule has 0 amide bonds. The van der Waals surface area contributed by atoms with Gasteiger partial charge in [-0.15, -0.1) is 0 Å². The molecule has 1 aliphatic rings. The molecule has 1 saturated heterocycles. The summed E-state index contributed by atoms with van der Waals surface area (Å²) >= 11 is 0. The van der Waals surface area contributed by atoms with Crippen LogP contribution in [0.4, 0.5) is 0 Å². The van der Waals surface area contributed by atoms with Gasteiger partial charge >= 0.3 is 0 Å². The third kappa shape index (κ3) is 2.83. The molecule has 0 spiro atoms. The van der Waals surface area contributed by atoms with E-state index in [1.807, 2.05) is 7.05 Å². The Kier molecular flexibility index (Phi) is 3.97. The fourth-order valence-electron chi connectivity index (χ4n) is 2.41. The molecule has 2 nitrogen and oxygen atoms in total. The van der Waals surface area contributed by atoms with Crippen molar-refractivity contribution in [1.29, 1.82) is 0 Å². The van der Waals surface area contributed by atoms with Crippen LogP contribution in [0.15, 0.2) is 24.3 Å². The van der Waals surface area contributed by atoms with Gasteiger partial charge in [0.25, 0.3) is 0 Å². The van der Waals surface area contributed by atoms with Crippen molar-refractivity contribution < 1.29 is 4.74 Å². The number of benzene rings is 1. The van der Waals surface area contributed by atoms with Gasteiger partial charge in [-0.05, 0) is 38.3 Å². The Morgan fingerprint density at radius 2 is 2.38 bits per heavy atom. The van der Waals surface area contributed by atoms with Gasteiger partial charge in [0.1, 0.15) is 0 Å². The van der Waals surface area contributed by atoms with Crippen LogP contribution in [-0.4, -0.2) is 20.3 Å². The molecule has 16 heavy (non-hydrogen) atoms. The SMILES string of the molecule is CNC(CC1CCOC1)c1cccc(C)c1. The number of hydrogen-bond acceptors (Lipinski definition) is 2. The molecule has 2 heteroatoms. The first-order valence-electron chi connectivity index (χ1n) is 6.11. The van der Waals surface area contributed by atoms with Crippen LogP contribution in [-0.2, 0) is 4.74 Å². The van der Waals surface area contributed by atoms with Crippen LogP contribution < -0.4 is 5.32 Å². The van der Waals surface area contributed by atoms with E-state index in [1.165, 1.54) is 24.0 Å². The van der Waals surface area contributed by atoms with Crippen molar-refractivity contribution in [1.82, 2.24) is 5.32 Å². The summed E-state index contributed by atoms with van der Waals surface area (Å²) < 4.78 is 5.43. The molecule has 1 heterocycles. The van der Waals surface area contributed by atoms with Gasteiger partial charge in [-0.3, -0.25) is 0 Å². The van der Waals surface area contributed by atoms with Gasteiger partial charge in [0.2, 0.25) is 0 Å². The smallest absolute Gasteiger partial charge is 0.0495 e. The molecule has 88 valence electrons. The van der Waals surface area contributed by atoms with Crippen LogP contribution in [0.25, 0.3) is 0 Å². The monoisotopic (exact) mass is 219 g/mol. The highest BCUT2D eigenvalue weighted by Gasteiger charge is 2.20. The first-order valence-corrected chi connectivity index (χ1v) is 6.11. The Hall–Kier alpha value is -0.860. The number of nitrogens with one attached hydrogen (secondary N) is 1. The average Bonchev–Trinajstić information content (AvgIpc) is 2.78. The highest BCUT2D eigenvalue weighted by molar-refractivity contribution is 5.25. The van der Waals surface area contributed by atoms with Gasteiger partial charge in [-0.1, -0.05) is 29.8 Å². The topological polar surface area (TPSA) is 21.3 Å². The molecule has 0 aliphatic carbocycles. The third-order valence-corrected chi connectivity index (χ3v) is 3.39. The molecule has 1 aromatic rings. The first kappa shape index (κ1) is 11.6. The van der Waals surface area contributed by atoms with E-state index in [9.17, 15) is 0 Å². The lowest BCUT2D eigenvalue weighted by Crippen LogP contribution is -2.20. The Balaban J connectivity index is 2.03. The lowest BCUT2D eigenvalue weighted by molar-refractivity contribution is 0.181. The highest BCUT2D eigenvalue weighted by Crippen LogP contribution is 2.26. The Morgan fingerprint density at radius 1 is 1.50 bits per heavy atom. The second-order valence-electron chi connectivity index (χ2n) is 4.72. The lowest BCUT2D eigenvalue weighted by Gasteiger charge is -2.20. The molecule has 2 unspecified atom stereocenters. The van der Waals surface area contributed by atoms with E-state index in [1.54, 1.807) is 0 Å². The molecule has 0 aromatic heterocycles. The summed E-state index contributed by atoms with van der Waals surface area (Å²) in [5, 5.41) is 3.42.